The molecule has 1 aromatic carbocycles. The van der Waals surface area contributed by atoms with E-state index in [1.807, 2.05) is 6.92 Å². The number of benzene rings is 1. The number of amides is 1. The minimum absolute atomic E-state index is 0.0902. The maximum atomic E-state index is 12.3. The molecule has 1 heterocycles. The second-order valence-electron chi connectivity index (χ2n) is 6.68. The summed E-state index contributed by atoms with van der Waals surface area (Å²) in [5.41, 5.74) is 2.37. The van der Waals surface area contributed by atoms with Gasteiger partial charge in [0.1, 0.15) is 0 Å². The van der Waals surface area contributed by atoms with Crippen molar-refractivity contribution in [1.82, 2.24) is 10.6 Å². The highest BCUT2D eigenvalue weighted by Gasteiger charge is 2.31. The average molecular weight is 274 g/mol. The summed E-state index contributed by atoms with van der Waals surface area (Å²) in [7, 11) is 0. The van der Waals surface area contributed by atoms with E-state index < -0.39 is 0 Å². The summed E-state index contributed by atoms with van der Waals surface area (Å²) in [6.07, 6.45) is 0.862. The van der Waals surface area contributed by atoms with Gasteiger partial charge in [-0.2, -0.15) is 0 Å². The zero-order chi connectivity index (χ0) is 14.8. The Hall–Kier alpha value is -1.35. The molecule has 3 heteroatoms. The third kappa shape index (κ3) is 3.60. The van der Waals surface area contributed by atoms with Crippen LogP contribution in [0, 0.1) is 18.8 Å². The highest BCUT2D eigenvalue weighted by Crippen LogP contribution is 2.20. The summed E-state index contributed by atoms with van der Waals surface area (Å²) in [4.78, 5) is 12.3. The molecule has 0 saturated carbocycles. The lowest BCUT2D eigenvalue weighted by atomic mass is 9.86. The van der Waals surface area contributed by atoms with Gasteiger partial charge in [-0.1, -0.05) is 31.2 Å². The maximum Gasteiger partial charge on any atom is 0.223 e. The number of nitrogens with one attached hydrogen (secondary N) is 2. The molecule has 110 valence electrons. The van der Waals surface area contributed by atoms with Gasteiger partial charge < -0.3 is 10.6 Å². The van der Waals surface area contributed by atoms with Crippen LogP contribution in [0.2, 0.25) is 0 Å². The lowest BCUT2D eigenvalue weighted by Crippen LogP contribution is -2.53. The number of carbonyl (C=O) groups excluding carboxylic acids is 1. The third-order valence-corrected chi connectivity index (χ3v) is 4.29. The number of rotatable bonds is 5. The van der Waals surface area contributed by atoms with Crippen molar-refractivity contribution in [2.45, 2.75) is 39.7 Å². The molecule has 1 fully saturated rings. The van der Waals surface area contributed by atoms with Crippen molar-refractivity contribution in [1.29, 1.82) is 0 Å². The van der Waals surface area contributed by atoms with E-state index in [0.29, 0.717) is 5.92 Å². The summed E-state index contributed by atoms with van der Waals surface area (Å²) in [5.74, 6) is 0.756. The molecule has 1 aliphatic heterocycles. The minimum atomic E-state index is -0.214. The van der Waals surface area contributed by atoms with Gasteiger partial charge in [-0.25, -0.2) is 0 Å². The van der Waals surface area contributed by atoms with E-state index in [-0.39, 0.29) is 17.4 Å². The lowest BCUT2D eigenvalue weighted by Gasteiger charge is -2.35. The van der Waals surface area contributed by atoms with Crippen LogP contribution < -0.4 is 10.6 Å². The summed E-state index contributed by atoms with van der Waals surface area (Å²) >= 11 is 0. The van der Waals surface area contributed by atoms with Crippen molar-refractivity contribution in [3.05, 3.63) is 35.4 Å². The van der Waals surface area contributed by atoms with Crippen LogP contribution in [0.4, 0.5) is 0 Å². The highest BCUT2D eigenvalue weighted by atomic mass is 16.2. The Bertz CT molecular complexity index is 478. The first-order valence-electron chi connectivity index (χ1n) is 7.46. The van der Waals surface area contributed by atoms with Gasteiger partial charge >= 0.3 is 0 Å². The van der Waals surface area contributed by atoms with Gasteiger partial charge in [-0.05, 0) is 57.3 Å². The van der Waals surface area contributed by atoms with E-state index in [2.05, 4.69) is 55.7 Å². The Balaban J connectivity index is 1.96. The number of aryl methyl sites for hydroxylation is 1. The summed E-state index contributed by atoms with van der Waals surface area (Å²) < 4.78 is 0. The third-order valence-electron chi connectivity index (χ3n) is 4.29. The predicted molar refractivity (Wildman–Crippen MR) is 82.6 cm³/mol. The normalized spacial score (nSPS) is 17.4. The molecule has 0 radical (unpaired) electrons. The zero-order valence-electron chi connectivity index (χ0n) is 13.0. The Morgan fingerprint density at radius 2 is 2.05 bits per heavy atom. The average Bonchev–Trinajstić information content (AvgIpc) is 2.29. The predicted octanol–water partition coefficient (Wildman–Crippen LogP) is 2.29. The highest BCUT2D eigenvalue weighted by molar-refractivity contribution is 5.79. The molecule has 1 saturated heterocycles. The van der Waals surface area contributed by atoms with Gasteiger partial charge in [0.05, 0.1) is 0 Å². The van der Waals surface area contributed by atoms with Crippen molar-refractivity contribution in [3.63, 3.8) is 0 Å². The van der Waals surface area contributed by atoms with Crippen LogP contribution in [0.1, 0.15) is 31.9 Å². The van der Waals surface area contributed by atoms with Gasteiger partial charge in [0.2, 0.25) is 5.91 Å². The fraction of sp³-hybridized carbons (Fsp3) is 0.588. The van der Waals surface area contributed by atoms with E-state index in [0.717, 1.165) is 19.5 Å². The van der Waals surface area contributed by atoms with Crippen molar-refractivity contribution < 1.29 is 4.79 Å². The Kier molecular flexibility index (Phi) is 4.48. The van der Waals surface area contributed by atoms with E-state index in [1.165, 1.54) is 11.1 Å². The second kappa shape index (κ2) is 5.96. The topological polar surface area (TPSA) is 41.1 Å². The number of hydrogen-bond donors (Lipinski definition) is 2. The van der Waals surface area contributed by atoms with Crippen LogP contribution >= 0.6 is 0 Å². The van der Waals surface area contributed by atoms with E-state index in [1.54, 1.807) is 0 Å². The van der Waals surface area contributed by atoms with Crippen LogP contribution in [-0.4, -0.2) is 24.5 Å². The van der Waals surface area contributed by atoms with E-state index >= 15 is 0 Å². The molecule has 0 aromatic heterocycles. The first-order valence-corrected chi connectivity index (χ1v) is 7.46. The molecule has 1 aliphatic rings. The molecule has 1 amide bonds. The molecule has 0 spiro atoms. The largest absolute Gasteiger partial charge is 0.351 e. The summed E-state index contributed by atoms with van der Waals surface area (Å²) in [5, 5.41) is 6.44. The maximum absolute atomic E-state index is 12.3. The summed E-state index contributed by atoms with van der Waals surface area (Å²) in [6, 6.07) is 8.37. The molecule has 1 unspecified atom stereocenters. The standard InChI is InChI=1S/C17H26N2O/c1-12-7-5-6-8-14(12)9-17(3,4)19-16(20)13(2)15-10-18-11-15/h5-8,13,15,18H,9-11H2,1-4H3,(H,19,20). The molecule has 0 aliphatic carbocycles. The van der Waals surface area contributed by atoms with Gasteiger partial charge in [-0.3, -0.25) is 4.79 Å². The molecule has 20 heavy (non-hydrogen) atoms. The van der Waals surface area contributed by atoms with Crippen LogP contribution in [0.25, 0.3) is 0 Å². The Morgan fingerprint density at radius 1 is 1.40 bits per heavy atom. The molecular weight excluding hydrogens is 248 g/mol. The second-order valence-corrected chi connectivity index (χ2v) is 6.68. The van der Waals surface area contributed by atoms with Gasteiger partial charge in [-0.15, -0.1) is 0 Å². The summed E-state index contributed by atoms with van der Waals surface area (Å²) in [6.45, 7) is 10.3. The van der Waals surface area contributed by atoms with E-state index in [9.17, 15) is 4.79 Å². The van der Waals surface area contributed by atoms with Crippen LogP contribution in [0.5, 0.6) is 0 Å². The molecule has 1 aromatic rings. The van der Waals surface area contributed by atoms with Crippen LogP contribution in [0.15, 0.2) is 24.3 Å². The Labute approximate surface area is 122 Å². The first-order chi connectivity index (χ1) is 9.39. The number of carbonyl (C=O) groups is 1. The van der Waals surface area contributed by atoms with Gasteiger partial charge in [0.15, 0.2) is 0 Å². The van der Waals surface area contributed by atoms with Crippen LogP contribution in [0.3, 0.4) is 0 Å². The molecule has 2 N–H and O–H groups in total. The van der Waals surface area contributed by atoms with Crippen molar-refractivity contribution in [2.24, 2.45) is 11.8 Å². The van der Waals surface area contributed by atoms with Crippen molar-refractivity contribution in [3.8, 4) is 0 Å². The molecule has 0 bridgehead atoms. The first kappa shape index (κ1) is 15.0. The van der Waals surface area contributed by atoms with E-state index in [4.69, 9.17) is 0 Å². The van der Waals surface area contributed by atoms with Crippen molar-refractivity contribution >= 4 is 5.91 Å². The van der Waals surface area contributed by atoms with Gasteiger partial charge in [0, 0.05) is 11.5 Å². The van der Waals surface area contributed by atoms with Crippen molar-refractivity contribution in [2.75, 3.05) is 13.1 Å². The SMILES string of the molecule is Cc1ccccc1CC(C)(C)NC(=O)C(C)C1CNC1. The fourth-order valence-electron chi connectivity index (χ4n) is 2.65. The lowest BCUT2D eigenvalue weighted by molar-refractivity contribution is -0.128. The number of hydrogen-bond acceptors (Lipinski definition) is 2. The monoisotopic (exact) mass is 274 g/mol. The van der Waals surface area contributed by atoms with Gasteiger partial charge in [0.25, 0.3) is 0 Å². The zero-order valence-corrected chi connectivity index (χ0v) is 13.0. The molecule has 2 rings (SSSR count). The molecule has 3 nitrogen and oxygen atoms in total. The Morgan fingerprint density at radius 3 is 2.60 bits per heavy atom. The fourth-order valence-corrected chi connectivity index (χ4v) is 2.65. The minimum Gasteiger partial charge on any atom is -0.351 e. The molecule has 1 atom stereocenters. The smallest absolute Gasteiger partial charge is 0.223 e. The van der Waals surface area contributed by atoms with Crippen LogP contribution in [-0.2, 0) is 11.2 Å². The molecular formula is C17H26N2O. The quantitative estimate of drug-likeness (QED) is 0.865.